The summed E-state index contributed by atoms with van der Waals surface area (Å²) in [6, 6.07) is 0.0794. The Morgan fingerprint density at radius 3 is 2.56 bits per heavy atom. The van der Waals surface area contributed by atoms with Crippen molar-refractivity contribution in [2.24, 2.45) is 11.7 Å². The Labute approximate surface area is 113 Å². The molecule has 0 bridgehead atoms. The predicted octanol–water partition coefficient (Wildman–Crippen LogP) is 2.90. The van der Waals surface area contributed by atoms with Crippen LogP contribution in [0.3, 0.4) is 0 Å². The molecule has 3 atom stereocenters. The third-order valence-corrected chi connectivity index (χ3v) is 6.15. The van der Waals surface area contributed by atoms with E-state index in [-0.39, 0.29) is 17.6 Å². The molecule has 18 heavy (non-hydrogen) atoms. The van der Waals surface area contributed by atoms with Crippen molar-refractivity contribution in [1.29, 1.82) is 0 Å². The monoisotopic (exact) mass is 273 g/mol. The van der Waals surface area contributed by atoms with Crippen LogP contribution in [-0.2, 0) is 4.74 Å². The molecule has 2 nitrogen and oxygen atoms in total. The van der Waals surface area contributed by atoms with E-state index in [1.165, 1.54) is 11.5 Å². The smallest absolute Gasteiger partial charge is 0.115 e. The maximum atomic E-state index is 15.0. The lowest BCUT2D eigenvalue weighted by atomic mass is 9.74. The fourth-order valence-electron chi connectivity index (χ4n) is 4.00. The quantitative estimate of drug-likeness (QED) is 0.798. The SMILES string of the molecule is NC1CCC(F)(C2CCOC3(CCSCC3)C2)C1. The Bertz CT molecular complexity index is 303. The average molecular weight is 273 g/mol. The average Bonchev–Trinajstić information content (AvgIpc) is 2.72. The van der Waals surface area contributed by atoms with Crippen LogP contribution < -0.4 is 5.73 Å². The zero-order chi connectivity index (χ0) is 12.6. The second-order valence-electron chi connectivity index (χ2n) is 6.37. The Morgan fingerprint density at radius 2 is 1.89 bits per heavy atom. The third kappa shape index (κ3) is 2.44. The molecule has 3 unspecified atom stereocenters. The van der Waals surface area contributed by atoms with Gasteiger partial charge in [-0.05, 0) is 62.4 Å². The molecule has 0 radical (unpaired) electrons. The van der Waals surface area contributed by atoms with E-state index in [0.29, 0.717) is 12.8 Å². The van der Waals surface area contributed by atoms with Gasteiger partial charge >= 0.3 is 0 Å². The highest BCUT2D eigenvalue weighted by Gasteiger charge is 2.50. The van der Waals surface area contributed by atoms with E-state index in [0.717, 1.165) is 38.7 Å². The molecule has 104 valence electrons. The van der Waals surface area contributed by atoms with Gasteiger partial charge in [0.25, 0.3) is 0 Å². The summed E-state index contributed by atoms with van der Waals surface area (Å²) in [6.45, 7) is 0.746. The van der Waals surface area contributed by atoms with Gasteiger partial charge < -0.3 is 10.5 Å². The van der Waals surface area contributed by atoms with E-state index < -0.39 is 5.67 Å². The zero-order valence-electron chi connectivity index (χ0n) is 11.0. The van der Waals surface area contributed by atoms with Gasteiger partial charge in [0.05, 0.1) is 5.60 Å². The van der Waals surface area contributed by atoms with Crippen LogP contribution in [-0.4, -0.2) is 35.4 Å². The summed E-state index contributed by atoms with van der Waals surface area (Å²) in [4.78, 5) is 0. The molecule has 1 aliphatic carbocycles. The lowest BCUT2D eigenvalue weighted by Gasteiger charge is -2.46. The summed E-state index contributed by atoms with van der Waals surface area (Å²) < 4.78 is 21.1. The topological polar surface area (TPSA) is 35.2 Å². The molecular formula is C14H24FNOS. The summed E-state index contributed by atoms with van der Waals surface area (Å²) >= 11 is 2.00. The highest BCUT2D eigenvalue weighted by Crippen LogP contribution is 2.49. The van der Waals surface area contributed by atoms with E-state index in [4.69, 9.17) is 10.5 Å². The minimum atomic E-state index is -0.999. The summed E-state index contributed by atoms with van der Waals surface area (Å²) in [5.74, 6) is 2.53. The molecule has 4 heteroatoms. The molecule has 1 spiro atoms. The van der Waals surface area contributed by atoms with E-state index >= 15 is 4.39 Å². The number of thioether (sulfide) groups is 1. The second kappa shape index (κ2) is 4.95. The van der Waals surface area contributed by atoms with Crippen LogP contribution in [0.5, 0.6) is 0 Å². The van der Waals surface area contributed by atoms with Crippen LogP contribution in [0.1, 0.15) is 44.9 Å². The van der Waals surface area contributed by atoms with Gasteiger partial charge in [0, 0.05) is 12.6 Å². The lowest BCUT2D eigenvalue weighted by molar-refractivity contribution is -0.128. The highest BCUT2D eigenvalue weighted by molar-refractivity contribution is 7.99. The van der Waals surface area contributed by atoms with Gasteiger partial charge in [-0.3, -0.25) is 0 Å². The minimum Gasteiger partial charge on any atom is -0.375 e. The van der Waals surface area contributed by atoms with E-state index in [2.05, 4.69) is 0 Å². The molecule has 0 aromatic rings. The number of rotatable bonds is 1. The molecular weight excluding hydrogens is 249 g/mol. The van der Waals surface area contributed by atoms with Crippen LogP contribution in [0.25, 0.3) is 0 Å². The minimum absolute atomic E-state index is 0.0000576. The Kier molecular flexibility index (Phi) is 3.63. The van der Waals surface area contributed by atoms with Crippen LogP contribution >= 0.6 is 11.8 Å². The van der Waals surface area contributed by atoms with Crippen molar-refractivity contribution >= 4 is 11.8 Å². The van der Waals surface area contributed by atoms with E-state index in [1.54, 1.807) is 0 Å². The van der Waals surface area contributed by atoms with Crippen molar-refractivity contribution in [1.82, 2.24) is 0 Å². The molecule has 3 rings (SSSR count). The van der Waals surface area contributed by atoms with Crippen molar-refractivity contribution in [3.8, 4) is 0 Å². The largest absolute Gasteiger partial charge is 0.375 e. The first kappa shape index (κ1) is 13.2. The maximum Gasteiger partial charge on any atom is 0.115 e. The first-order chi connectivity index (χ1) is 8.62. The first-order valence-corrected chi connectivity index (χ1v) is 8.44. The van der Waals surface area contributed by atoms with Gasteiger partial charge in [0.2, 0.25) is 0 Å². The van der Waals surface area contributed by atoms with Crippen LogP contribution in [0.2, 0.25) is 0 Å². The molecule has 2 heterocycles. The van der Waals surface area contributed by atoms with E-state index in [1.807, 2.05) is 11.8 Å². The normalized spacial score (nSPS) is 44.3. The van der Waals surface area contributed by atoms with Crippen LogP contribution in [0, 0.1) is 5.92 Å². The van der Waals surface area contributed by atoms with Gasteiger partial charge in [0.1, 0.15) is 5.67 Å². The van der Waals surface area contributed by atoms with Crippen molar-refractivity contribution < 1.29 is 9.13 Å². The number of ether oxygens (including phenoxy) is 1. The van der Waals surface area contributed by atoms with Crippen molar-refractivity contribution in [2.45, 2.75) is 62.3 Å². The third-order valence-electron chi connectivity index (χ3n) is 5.16. The fraction of sp³-hybridized carbons (Fsp3) is 1.00. The van der Waals surface area contributed by atoms with Gasteiger partial charge in [-0.15, -0.1) is 0 Å². The van der Waals surface area contributed by atoms with Crippen LogP contribution in [0.15, 0.2) is 0 Å². The maximum absolute atomic E-state index is 15.0. The molecule has 0 aromatic carbocycles. The molecule has 2 saturated heterocycles. The Morgan fingerprint density at radius 1 is 1.11 bits per heavy atom. The lowest BCUT2D eigenvalue weighted by Crippen LogP contribution is -2.48. The number of hydrogen-bond acceptors (Lipinski definition) is 3. The fourth-order valence-corrected chi connectivity index (χ4v) is 5.23. The van der Waals surface area contributed by atoms with Crippen LogP contribution in [0.4, 0.5) is 4.39 Å². The predicted molar refractivity (Wildman–Crippen MR) is 73.6 cm³/mol. The number of halogens is 1. The zero-order valence-corrected chi connectivity index (χ0v) is 11.8. The highest BCUT2D eigenvalue weighted by atomic mass is 32.2. The van der Waals surface area contributed by atoms with Gasteiger partial charge in [-0.25, -0.2) is 4.39 Å². The summed E-state index contributed by atoms with van der Waals surface area (Å²) in [7, 11) is 0. The van der Waals surface area contributed by atoms with Gasteiger partial charge in [-0.1, -0.05) is 0 Å². The van der Waals surface area contributed by atoms with Crippen molar-refractivity contribution in [3.05, 3.63) is 0 Å². The standard InChI is InChI=1S/C14H24FNOS/c15-14(3-1-12(16)10-14)11-2-6-17-13(9-11)4-7-18-8-5-13/h11-12H,1-10,16H2. The first-order valence-electron chi connectivity index (χ1n) is 7.28. The Hall–Kier alpha value is 0.200. The van der Waals surface area contributed by atoms with E-state index in [9.17, 15) is 0 Å². The van der Waals surface area contributed by atoms with Gasteiger partial charge in [-0.2, -0.15) is 11.8 Å². The van der Waals surface area contributed by atoms with Gasteiger partial charge in [0.15, 0.2) is 0 Å². The summed E-state index contributed by atoms with van der Waals surface area (Å²) in [5.41, 5.74) is 4.91. The molecule has 2 aliphatic heterocycles. The molecule has 3 aliphatic rings. The second-order valence-corrected chi connectivity index (χ2v) is 7.60. The Balaban J connectivity index is 1.70. The molecule has 2 N–H and O–H groups in total. The number of hydrogen-bond donors (Lipinski definition) is 1. The molecule has 3 fully saturated rings. The summed E-state index contributed by atoms with van der Waals surface area (Å²) in [6.07, 6.45) is 6.13. The molecule has 0 aromatic heterocycles. The molecule has 1 saturated carbocycles. The molecule has 0 amide bonds. The van der Waals surface area contributed by atoms with Crippen molar-refractivity contribution in [3.63, 3.8) is 0 Å². The summed E-state index contributed by atoms with van der Waals surface area (Å²) in [5, 5.41) is 0. The number of alkyl halides is 1. The number of nitrogens with two attached hydrogens (primary N) is 1. The van der Waals surface area contributed by atoms with Crippen molar-refractivity contribution in [2.75, 3.05) is 18.1 Å².